The molecule has 1 aromatic rings. The Morgan fingerprint density at radius 3 is 2.73 bits per heavy atom. The molecule has 6 nitrogen and oxygen atoms in total. The van der Waals surface area contributed by atoms with Crippen LogP contribution in [-0.4, -0.2) is 48.5 Å². The van der Waals surface area contributed by atoms with E-state index in [4.69, 9.17) is 26.4 Å². The van der Waals surface area contributed by atoms with Crippen molar-refractivity contribution in [3.63, 3.8) is 0 Å². The molecule has 1 saturated heterocycles. The van der Waals surface area contributed by atoms with Crippen LogP contribution in [0.3, 0.4) is 0 Å². The number of benzene rings is 1. The summed E-state index contributed by atoms with van der Waals surface area (Å²) in [4.78, 5) is 26.2. The van der Waals surface area contributed by atoms with E-state index in [0.29, 0.717) is 27.3 Å². The first-order valence-corrected chi connectivity index (χ1v) is 9.35. The van der Waals surface area contributed by atoms with Gasteiger partial charge in [-0.3, -0.25) is 14.5 Å². The number of thiocarbonyl (C=S) groups is 1. The Morgan fingerprint density at radius 2 is 2.08 bits per heavy atom. The summed E-state index contributed by atoms with van der Waals surface area (Å²) in [5.74, 6) is 0.720. The minimum Gasteiger partial charge on any atom is -0.497 e. The molecule has 0 bridgehead atoms. The Morgan fingerprint density at radius 1 is 1.31 bits per heavy atom. The summed E-state index contributed by atoms with van der Waals surface area (Å²) in [6.07, 6.45) is 2.59. The van der Waals surface area contributed by atoms with E-state index in [-0.39, 0.29) is 24.8 Å². The van der Waals surface area contributed by atoms with Gasteiger partial charge in [0.25, 0.3) is 5.91 Å². The van der Waals surface area contributed by atoms with Gasteiger partial charge in [0.05, 0.1) is 32.2 Å². The van der Waals surface area contributed by atoms with Crippen molar-refractivity contribution in [2.24, 2.45) is 0 Å². The summed E-state index contributed by atoms with van der Waals surface area (Å²) in [6, 6.07) is 5.34. The number of hydrogen-bond acceptors (Lipinski definition) is 7. The van der Waals surface area contributed by atoms with Crippen LogP contribution < -0.4 is 9.47 Å². The highest BCUT2D eigenvalue weighted by Crippen LogP contribution is 2.35. The maximum Gasteiger partial charge on any atom is 0.307 e. The maximum atomic E-state index is 12.6. The highest BCUT2D eigenvalue weighted by molar-refractivity contribution is 8.26. The third-order valence-electron chi connectivity index (χ3n) is 3.60. The average molecular weight is 396 g/mol. The minimum absolute atomic E-state index is 0.113. The van der Waals surface area contributed by atoms with Crippen LogP contribution in [0.25, 0.3) is 6.08 Å². The molecule has 1 aliphatic heterocycles. The van der Waals surface area contributed by atoms with Crippen LogP contribution >= 0.6 is 24.0 Å². The van der Waals surface area contributed by atoms with Crippen LogP contribution in [0.1, 0.15) is 25.3 Å². The number of ether oxygens (including phenoxy) is 3. The zero-order valence-corrected chi connectivity index (χ0v) is 16.6. The fourth-order valence-corrected chi connectivity index (χ4v) is 3.58. The molecule has 0 saturated carbocycles. The number of esters is 1. The Kier molecular flexibility index (Phi) is 7.47. The lowest BCUT2D eigenvalue weighted by Crippen LogP contribution is -2.30. The molecule has 0 radical (unpaired) electrons. The monoisotopic (exact) mass is 395 g/mol. The highest BCUT2D eigenvalue weighted by Gasteiger charge is 2.32. The van der Waals surface area contributed by atoms with Crippen LogP contribution in [0.15, 0.2) is 23.1 Å². The first-order valence-electron chi connectivity index (χ1n) is 8.13. The van der Waals surface area contributed by atoms with Crippen molar-refractivity contribution >= 4 is 46.3 Å². The molecule has 1 amide bonds. The van der Waals surface area contributed by atoms with Crippen LogP contribution in [-0.2, 0) is 14.3 Å². The number of carbonyl (C=O) groups is 2. The second-order valence-electron chi connectivity index (χ2n) is 5.41. The smallest absolute Gasteiger partial charge is 0.307 e. The van der Waals surface area contributed by atoms with E-state index in [1.807, 2.05) is 6.92 Å². The van der Waals surface area contributed by atoms with Gasteiger partial charge in [0.1, 0.15) is 15.8 Å². The van der Waals surface area contributed by atoms with Gasteiger partial charge in [0, 0.05) is 12.1 Å². The topological polar surface area (TPSA) is 65.1 Å². The van der Waals surface area contributed by atoms with Crippen molar-refractivity contribution in [1.29, 1.82) is 0 Å². The third kappa shape index (κ3) is 4.98. The summed E-state index contributed by atoms with van der Waals surface area (Å²) in [5, 5.41) is 0. The van der Waals surface area contributed by atoms with Gasteiger partial charge in [-0.1, -0.05) is 30.9 Å². The number of rotatable bonds is 8. The fourth-order valence-electron chi connectivity index (χ4n) is 2.28. The number of carbonyl (C=O) groups excluding carboxylic acids is 2. The van der Waals surface area contributed by atoms with Crippen LogP contribution in [0.4, 0.5) is 0 Å². The zero-order chi connectivity index (χ0) is 19.1. The normalized spacial score (nSPS) is 15.5. The van der Waals surface area contributed by atoms with Gasteiger partial charge < -0.3 is 14.2 Å². The SMILES string of the molecule is CCCOC(=O)CCN1C(=O)/C(=C/c2cc(OC)ccc2OC)SC1=S. The lowest BCUT2D eigenvalue weighted by Gasteiger charge is -2.13. The number of amides is 1. The average Bonchev–Trinajstić information content (AvgIpc) is 2.91. The molecular formula is C18H21NO5S2. The standard InChI is InChI=1S/C18H21NO5S2/c1-4-9-24-16(20)7-8-19-17(21)15(26-18(19)25)11-12-10-13(22-2)5-6-14(12)23-3/h5-6,10-11H,4,7-9H2,1-3H3/b15-11-. The van der Waals surface area contributed by atoms with E-state index >= 15 is 0 Å². The molecule has 2 rings (SSSR count). The summed E-state index contributed by atoms with van der Waals surface area (Å²) < 4.78 is 16.0. The molecule has 0 spiro atoms. The van der Waals surface area contributed by atoms with Crippen molar-refractivity contribution in [2.45, 2.75) is 19.8 Å². The Balaban J connectivity index is 2.13. The van der Waals surface area contributed by atoms with Crippen molar-refractivity contribution in [2.75, 3.05) is 27.4 Å². The molecule has 0 aromatic heterocycles. The quantitative estimate of drug-likeness (QED) is 0.380. The van der Waals surface area contributed by atoms with Gasteiger partial charge in [-0.05, 0) is 30.7 Å². The molecule has 26 heavy (non-hydrogen) atoms. The molecule has 0 atom stereocenters. The van der Waals surface area contributed by atoms with Gasteiger partial charge in [-0.25, -0.2) is 0 Å². The van der Waals surface area contributed by atoms with E-state index in [1.54, 1.807) is 38.5 Å². The van der Waals surface area contributed by atoms with Crippen LogP contribution in [0.2, 0.25) is 0 Å². The lowest BCUT2D eigenvalue weighted by atomic mass is 10.1. The Hall–Kier alpha value is -2.06. The first kappa shape index (κ1) is 20.3. The molecule has 1 heterocycles. The predicted molar refractivity (Wildman–Crippen MR) is 105 cm³/mol. The summed E-state index contributed by atoms with van der Waals surface area (Å²) >= 11 is 6.48. The van der Waals surface area contributed by atoms with Gasteiger partial charge in [-0.2, -0.15) is 0 Å². The molecule has 1 aliphatic rings. The van der Waals surface area contributed by atoms with E-state index < -0.39 is 0 Å². The summed E-state index contributed by atoms with van der Waals surface area (Å²) in [6.45, 7) is 2.51. The van der Waals surface area contributed by atoms with Crippen molar-refractivity contribution in [1.82, 2.24) is 4.90 Å². The van der Waals surface area contributed by atoms with E-state index in [9.17, 15) is 9.59 Å². The van der Waals surface area contributed by atoms with Gasteiger partial charge in [0.15, 0.2) is 0 Å². The molecule has 8 heteroatoms. The predicted octanol–water partition coefficient (Wildman–Crippen LogP) is 3.25. The number of nitrogens with zero attached hydrogens (tertiary/aromatic N) is 1. The molecule has 0 aliphatic carbocycles. The number of hydrogen-bond donors (Lipinski definition) is 0. The van der Waals surface area contributed by atoms with Gasteiger partial charge >= 0.3 is 5.97 Å². The van der Waals surface area contributed by atoms with Gasteiger partial charge in [-0.15, -0.1) is 0 Å². The Labute approximate surface area is 162 Å². The van der Waals surface area contributed by atoms with E-state index in [1.165, 1.54) is 16.7 Å². The molecule has 0 N–H and O–H groups in total. The molecule has 0 unspecified atom stereocenters. The Bertz CT molecular complexity index is 732. The third-order valence-corrected chi connectivity index (χ3v) is 4.98. The molecule has 140 valence electrons. The zero-order valence-electron chi connectivity index (χ0n) is 14.9. The summed E-state index contributed by atoms with van der Waals surface area (Å²) in [7, 11) is 3.13. The molecule has 1 aromatic carbocycles. The lowest BCUT2D eigenvalue weighted by molar-refractivity contribution is -0.143. The largest absolute Gasteiger partial charge is 0.497 e. The van der Waals surface area contributed by atoms with Crippen LogP contribution in [0.5, 0.6) is 11.5 Å². The molecule has 1 fully saturated rings. The summed E-state index contributed by atoms with van der Waals surface area (Å²) in [5.41, 5.74) is 0.717. The highest BCUT2D eigenvalue weighted by atomic mass is 32.2. The van der Waals surface area contributed by atoms with Gasteiger partial charge in [0.2, 0.25) is 0 Å². The first-order chi connectivity index (χ1) is 12.5. The van der Waals surface area contributed by atoms with Crippen LogP contribution in [0, 0.1) is 0 Å². The number of methoxy groups -OCH3 is 2. The van der Waals surface area contributed by atoms with Crippen molar-refractivity contribution in [3.05, 3.63) is 28.7 Å². The fraction of sp³-hybridized carbons (Fsp3) is 0.389. The van der Waals surface area contributed by atoms with Crippen molar-refractivity contribution < 1.29 is 23.8 Å². The minimum atomic E-state index is -0.334. The second-order valence-corrected chi connectivity index (χ2v) is 7.09. The maximum absolute atomic E-state index is 12.6. The van der Waals surface area contributed by atoms with E-state index in [2.05, 4.69) is 0 Å². The molecular weight excluding hydrogens is 374 g/mol. The number of thioether (sulfide) groups is 1. The van der Waals surface area contributed by atoms with E-state index in [0.717, 1.165) is 12.0 Å². The van der Waals surface area contributed by atoms with Crippen molar-refractivity contribution in [3.8, 4) is 11.5 Å². The second kappa shape index (κ2) is 9.59.